The summed E-state index contributed by atoms with van der Waals surface area (Å²) < 4.78 is 0. The average Bonchev–Trinajstić information content (AvgIpc) is 3.10. The van der Waals surface area contributed by atoms with E-state index in [0.29, 0.717) is 19.4 Å². The lowest BCUT2D eigenvalue weighted by Crippen LogP contribution is -2.57. The van der Waals surface area contributed by atoms with Crippen LogP contribution >= 0.6 is 0 Å². The number of nitrogens with two attached hydrogens (primary N) is 2. The molecule has 0 aliphatic carbocycles. The maximum absolute atomic E-state index is 13.0. The number of nitrogens with one attached hydrogen (secondary N) is 8. The second-order valence-corrected chi connectivity index (χ2v) is 13.7. The molecular weight excluding hydrogens is 712 g/mol. The van der Waals surface area contributed by atoms with E-state index in [1.807, 2.05) is 0 Å². The zero-order valence-corrected chi connectivity index (χ0v) is 32.1. The van der Waals surface area contributed by atoms with Crippen molar-refractivity contribution in [1.29, 1.82) is 0 Å². The summed E-state index contributed by atoms with van der Waals surface area (Å²) in [4.78, 5) is 112. The lowest BCUT2D eigenvalue weighted by Gasteiger charge is -2.25. The predicted octanol–water partition coefficient (Wildman–Crippen LogP) is -4.72. The minimum absolute atomic E-state index is 0.101. The van der Waals surface area contributed by atoms with Gasteiger partial charge in [0, 0.05) is 0 Å². The predicted molar refractivity (Wildman–Crippen MR) is 194 cm³/mol. The summed E-state index contributed by atoms with van der Waals surface area (Å²) in [5.74, 6) is -8.31. The molecule has 14 N–H and O–H groups in total. The quantitative estimate of drug-likeness (QED) is 0.0389. The number of aliphatic hydroxyl groups is 1. The molecule has 54 heavy (non-hydrogen) atoms. The van der Waals surface area contributed by atoms with Gasteiger partial charge in [-0.05, 0) is 50.5 Å². The molecule has 0 spiro atoms. The van der Waals surface area contributed by atoms with E-state index in [2.05, 4.69) is 42.5 Å². The van der Waals surface area contributed by atoms with Gasteiger partial charge >= 0.3 is 5.97 Å². The van der Waals surface area contributed by atoms with Crippen molar-refractivity contribution in [2.24, 2.45) is 29.2 Å². The summed E-state index contributed by atoms with van der Waals surface area (Å²) in [5.41, 5.74) is 11.2. The Kier molecular flexibility index (Phi) is 22.9. The van der Waals surface area contributed by atoms with Gasteiger partial charge in [-0.15, -0.1) is 0 Å². The highest BCUT2D eigenvalue weighted by Gasteiger charge is 2.30. The summed E-state index contributed by atoms with van der Waals surface area (Å²) in [5, 5.41) is 37.5. The van der Waals surface area contributed by atoms with Gasteiger partial charge in [-0.1, -0.05) is 41.5 Å². The van der Waals surface area contributed by atoms with Crippen LogP contribution in [0, 0.1) is 17.8 Å². The van der Waals surface area contributed by atoms with Crippen LogP contribution in [-0.2, 0) is 43.2 Å². The lowest BCUT2D eigenvalue weighted by molar-refractivity contribution is -0.143. The highest BCUT2D eigenvalue weighted by atomic mass is 16.4. The number of aliphatic carboxylic acids is 1. The molecule has 0 aromatic heterocycles. The lowest BCUT2D eigenvalue weighted by atomic mass is 10.0. The fourth-order valence-corrected chi connectivity index (χ4v) is 4.54. The highest BCUT2D eigenvalue weighted by Crippen LogP contribution is 2.05. The zero-order valence-electron chi connectivity index (χ0n) is 32.1. The first-order valence-electron chi connectivity index (χ1n) is 17.8. The Morgan fingerprint density at radius 1 is 0.537 bits per heavy atom. The Hall–Kier alpha value is -4.89. The molecule has 21 heteroatoms. The van der Waals surface area contributed by atoms with Crippen LogP contribution in [-0.4, -0.2) is 132 Å². The van der Waals surface area contributed by atoms with Crippen LogP contribution in [0.5, 0.6) is 0 Å². The third-order valence-electron chi connectivity index (χ3n) is 7.97. The number of amides is 8. The molecule has 0 aliphatic rings. The van der Waals surface area contributed by atoms with Crippen LogP contribution in [0.15, 0.2) is 0 Å². The molecule has 0 aromatic rings. The average molecular weight is 773 g/mol. The molecular formula is C33H60N10O11. The van der Waals surface area contributed by atoms with Crippen LogP contribution in [0.3, 0.4) is 0 Å². The van der Waals surface area contributed by atoms with Crippen molar-refractivity contribution in [1.82, 2.24) is 42.5 Å². The summed E-state index contributed by atoms with van der Waals surface area (Å²) in [6, 6.07) is -6.94. The van der Waals surface area contributed by atoms with Crippen molar-refractivity contribution in [2.45, 2.75) is 104 Å². The van der Waals surface area contributed by atoms with Crippen molar-refractivity contribution in [3.05, 3.63) is 0 Å². The van der Waals surface area contributed by atoms with Crippen LogP contribution in [0.1, 0.15) is 67.7 Å². The van der Waals surface area contributed by atoms with Gasteiger partial charge in [-0.25, -0.2) is 4.79 Å². The fraction of sp³-hybridized carbons (Fsp3) is 0.727. The highest BCUT2D eigenvalue weighted by molar-refractivity contribution is 5.96. The SMILES string of the molecule is CC(C)[C@H](N)C(=O)NCC(=O)N[C@@H](C)C(=O)N[C@H](C(=O)NCC(=O)N[C@H](C(=O)NCC(=O)N[C@@H](CCCCN)C(=O)N[C@@H](CO)C(=O)O)C(C)C)C(C)C. The largest absolute Gasteiger partial charge is 0.480 e. The van der Waals surface area contributed by atoms with E-state index in [1.165, 1.54) is 6.92 Å². The maximum atomic E-state index is 13.0. The van der Waals surface area contributed by atoms with E-state index < -0.39 is 128 Å². The Balaban J connectivity index is 5.19. The molecule has 0 saturated heterocycles. The molecule has 308 valence electrons. The van der Waals surface area contributed by atoms with Gasteiger partial charge in [0.05, 0.1) is 32.3 Å². The number of hydrogen-bond acceptors (Lipinski definition) is 12. The normalized spacial score (nSPS) is 14.4. The Labute approximate surface area is 315 Å². The standard InChI is InChI=1S/C33H60N10O11/c1-16(2)25(35)30(50)36-12-22(45)39-19(7)28(48)43-27(18(5)6)32(52)38-14-24(47)42-26(17(3)4)31(51)37-13-23(46)40-20(10-8-9-11-34)29(49)41-21(15-44)33(53)54/h16-21,25-27,44H,8-15,34-35H2,1-7H3,(H,36,50)(H,37,51)(H,38,52)(H,39,45)(H,40,46)(H,41,49)(H,42,47)(H,43,48)(H,53,54)/t19-,20-,21-,25-,26-,27-/m0/s1. The van der Waals surface area contributed by atoms with Gasteiger partial charge < -0.3 is 64.2 Å². The number of unbranched alkanes of at least 4 members (excludes halogenated alkanes) is 1. The molecule has 0 aromatic carbocycles. The molecule has 0 radical (unpaired) electrons. The molecule has 0 unspecified atom stereocenters. The summed E-state index contributed by atoms with van der Waals surface area (Å²) in [6.45, 7) is 9.26. The van der Waals surface area contributed by atoms with Crippen molar-refractivity contribution < 1.29 is 53.4 Å². The minimum atomic E-state index is -1.59. The minimum Gasteiger partial charge on any atom is -0.480 e. The first-order chi connectivity index (χ1) is 25.2. The summed E-state index contributed by atoms with van der Waals surface area (Å²) >= 11 is 0. The van der Waals surface area contributed by atoms with E-state index in [1.54, 1.807) is 41.5 Å². The van der Waals surface area contributed by atoms with Crippen molar-refractivity contribution in [2.75, 3.05) is 32.8 Å². The molecule has 8 amide bonds. The van der Waals surface area contributed by atoms with Gasteiger partial charge in [0.1, 0.15) is 30.2 Å². The van der Waals surface area contributed by atoms with Crippen LogP contribution < -0.4 is 54.0 Å². The van der Waals surface area contributed by atoms with Gasteiger partial charge in [-0.3, -0.25) is 38.4 Å². The number of carbonyl (C=O) groups excluding carboxylic acids is 8. The third kappa shape index (κ3) is 18.7. The van der Waals surface area contributed by atoms with Gasteiger partial charge in [0.2, 0.25) is 47.3 Å². The topological polar surface area (TPSA) is 342 Å². The second-order valence-electron chi connectivity index (χ2n) is 13.7. The number of carboxylic acids is 1. The van der Waals surface area contributed by atoms with Crippen LogP contribution in [0.25, 0.3) is 0 Å². The molecule has 0 heterocycles. The Bertz CT molecular complexity index is 1310. The molecule has 6 atom stereocenters. The number of carboxylic acid groups (broad SMARTS) is 1. The fourth-order valence-electron chi connectivity index (χ4n) is 4.54. The summed E-state index contributed by atoms with van der Waals surface area (Å²) in [6.07, 6.45) is 1.02. The van der Waals surface area contributed by atoms with Crippen LogP contribution in [0.2, 0.25) is 0 Å². The van der Waals surface area contributed by atoms with Crippen LogP contribution in [0.4, 0.5) is 0 Å². The monoisotopic (exact) mass is 772 g/mol. The number of carbonyl (C=O) groups is 9. The molecule has 0 rings (SSSR count). The number of hydrogen-bond donors (Lipinski definition) is 12. The maximum Gasteiger partial charge on any atom is 0.328 e. The molecule has 21 nitrogen and oxygen atoms in total. The zero-order chi connectivity index (χ0) is 41.7. The number of aliphatic hydroxyl groups excluding tert-OH is 1. The Morgan fingerprint density at radius 3 is 1.44 bits per heavy atom. The van der Waals surface area contributed by atoms with Gasteiger partial charge in [-0.2, -0.15) is 0 Å². The third-order valence-corrected chi connectivity index (χ3v) is 7.97. The summed E-state index contributed by atoms with van der Waals surface area (Å²) in [7, 11) is 0. The molecule has 0 fully saturated rings. The van der Waals surface area contributed by atoms with Crippen molar-refractivity contribution in [3.8, 4) is 0 Å². The van der Waals surface area contributed by atoms with Crippen molar-refractivity contribution >= 4 is 53.2 Å². The smallest absolute Gasteiger partial charge is 0.328 e. The van der Waals surface area contributed by atoms with E-state index >= 15 is 0 Å². The Morgan fingerprint density at radius 2 is 1.00 bits per heavy atom. The molecule has 0 saturated carbocycles. The van der Waals surface area contributed by atoms with Gasteiger partial charge in [0.15, 0.2) is 0 Å². The van der Waals surface area contributed by atoms with E-state index in [4.69, 9.17) is 16.6 Å². The van der Waals surface area contributed by atoms with E-state index in [0.717, 1.165) is 0 Å². The molecule has 0 bridgehead atoms. The van der Waals surface area contributed by atoms with E-state index in [9.17, 15) is 48.3 Å². The van der Waals surface area contributed by atoms with E-state index in [-0.39, 0.29) is 12.3 Å². The number of rotatable bonds is 25. The van der Waals surface area contributed by atoms with Gasteiger partial charge in [0.25, 0.3) is 0 Å². The first kappa shape index (κ1) is 49.1. The second kappa shape index (κ2) is 25.2. The molecule has 0 aliphatic heterocycles. The van der Waals surface area contributed by atoms with Crippen molar-refractivity contribution in [3.63, 3.8) is 0 Å². The first-order valence-corrected chi connectivity index (χ1v) is 17.8.